The van der Waals surface area contributed by atoms with Crippen molar-refractivity contribution in [1.29, 1.82) is 0 Å². The van der Waals surface area contributed by atoms with Crippen LogP contribution in [-0.4, -0.2) is 32.1 Å². The van der Waals surface area contributed by atoms with E-state index < -0.39 is 6.61 Å². The molecule has 126 valence electrons. The molecule has 7 heteroatoms. The molecule has 0 unspecified atom stereocenters. The third-order valence-electron chi connectivity index (χ3n) is 3.38. The van der Waals surface area contributed by atoms with Gasteiger partial charge >= 0.3 is 6.61 Å². The summed E-state index contributed by atoms with van der Waals surface area (Å²) in [6.07, 6.45) is 0. The standard InChI is InChI=1S/C17H15F2NO4/c1-21-8-9-22-16-14-10-12(4-7-15(14)24-20-16)11-2-5-13(6-3-11)23-17(18)19/h2-7,10,17H,8-9H2,1H3. The lowest BCUT2D eigenvalue weighted by atomic mass is 10.0. The molecule has 0 aliphatic carbocycles. The summed E-state index contributed by atoms with van der Waals surface area (Å²) in [5.74, 6) is 0.505. The minimum absolute atomic E-state index is 0.114. The summed E-state index contributed by atoms with van der Waals surface area (Å²) in [5, 5.41) is 4.63. The van der Waals surface area contributed by atoms with E-state index in [0.717, 1.165) is 16.5 Å². The average molecular weight is 335 g/mol. The fraction of sp³-hybridized carbons (Fsp3) is 0.235. The number of nitrogens with zero attached hydrogens (tertiary/aromatic N) is 1. The van der Waals surface area contributed by atoms with Crippen molar-refractivity contribution in [3.8, 4) is 22.8 Å². The lowest BCUT2D eigenvalue weighted by Crippen LogP contribution is -2.04. The minimum atomic E-state index is -2.84. The Bertz CT molecular complexity index is 802. The number of hydrogen-bond acceptors (Lipinski definition) is 5. The van der Waals surface area contributed by atoms with Gasteiger partial charge in [-0.15, -0.1) is 0 Å². The fourth-order valence-corrected chi connectivity index (χ4v) is 2.25. The summed E-state index contributed by atoms with van der Waals surface area (Å²) in [4.78, 5) is 0. The largest absolute Gasteiger partial charge is 0.473 e. The monoisotopic (exact) mass is 335 g/mol. The Labute approximate surface area is 136 Å². The molecule has 3 aromatic rings. The van der Waals surface area contributed by atoms with Gasteiger partial charge in [-0.25, -0.2) is 0 Å². The summed E-state index contributed by atoms with van der Waals surface area (Å²) in [6.45, 7) is -2.03. The van der Waals surface area contributed by atoms with E-state index in [4.69, 9.17) is 14.0 Å². The van der Waals surface area contributed by atoms with Crippen LogP contribution in [0.1, 0.15) is 0 Å². The van der Waals surface area contributed by atoms with E-state index in [0.29, 0.717) is 24.7 Å². The summed E-state index contributed by atoms with van der Waals surface area (Å²) in [5.41, 5.74) is 2.33. The van der Waals surface area contributed by atoms with Crippen LogP contribution in [0.3, 0.4) is 0 Å². The van der Waals surface area contributed by atoms with Gasteiger partial charge in [-0.3, -0.25) is 0 Å². The number of methoxy groups -OCH3 is 1. The molecule has 0 aliphatic rings. The van der Waals surface area contributed by atoms with E-state index in [2.05, 4.69) is 9.89 Å². The first-order valence-corrected chi connectivity index (χ1v) is 7.24. The number of benzene rings is 2. The maximum Gasteiger partial charge on any atom is 0.387 e. The van der Waals surface area contributed by atoms with Crippen LogP contribution in [-0.2, 0) is 4.74 Å². The van der Waals surface area contributed by atoms with Gasteiger partial charge in [0.1, 0.15) is 12.4 Å². The topological polar surface area (TPSA) is 53.7 Å². The van der Waals surface area contributed by atoms with Gasteiger partial charge in [-0.2, -0.15) is 8.78 Å². The number of halogens is 2. The van der Waals surface area contributed by atoms with Crippen molar-refractivity contribution < 1.29 is 27.5 Å². The van der Waals surface area contributed by atoms with Crippen LogP contribution in [0.5, 0.6) is 11.6 Å². The van der Waals surface area contributed by atoms with Crippen molar-refractivity contribution >= 4 is 11.0 Å². The summed E-state index contributed by atoms with van der Waals surface area (Å²) in [7, 11) is 1.59. The molecule has 0 atom stereocenters. The third kappa shape index (κ3) is 3.62. The Morgan fingerprint density at radius 3 is 2.50 bits per heavy atom. The van der Waals surface area contributed by atoms with Crippen molar-refractivity contribution in [2.45, 2.75) is 6.61 Å². The molecule has 3 rings (SSSR count). The highest BCUT2D eigenvalue weighted by atomic mass is 19.3. The summed E-state index contributed by atoms with van der Waals surface area (Å²) >= 11 is 0. The van der Waals surface area contributed by atoms with E-state index in [1.807, 2.05) is 12.1 Å². The van der Waals surface area contributed by atoms with Crippen LogP contribution >= 0.6 is 0 Å². The van der Waals surface area contributed by atoms with Gasteiger partial charge in [-0.05, 0) is 40.5 Å². The van der Waals surface area contributed by atoms with E-state index in [9.17, 15) is 8.78 Å². The third-order valence-corrected chi connectivity index (χ3v) is 3.38. The van der Waals surface area contributed by atoms with E-state index in [1.165, 1.54) is 12.1 Å². The zero-order valence-corrected chi connectivity index (χ0v) is 12.9. The van der Waals surface area contributed by atoms with Gasteiger partial charge in [0.25, 0.3) is 5.88 Å². The van der Waals surface area contributed by atoms with Gasteiger partial charge < -0.3 is 18.7 Å². The minimum Gasteiger partial charge on any atom is -0.473 e. The molecule has 2 aromatic carbocycles. The van der Waals surface area contributed by atoms with Gasteiger partial charge in [0.2, 0.25) is 0 Å². The summed E-state index contributed by atoms with van der Waals surface area (Å²) < 4.78 is 44.4. The normalized spacial score (nSPS) is 11.2. The first-order valence-electron chi connectivity index (χ1n) is 7.24. The molecular weight excluding hydrogens is 320 g/mol. The Kier molecular flexibility index (Phi) is 4.90. The van der Waals surface area contributed by atoms with E-state index in [1.54, 1.807) is 25.3 Å². The van der Waals surface area contributed by atoms with Gasteiger partial charge in [0.05, 0.1) is 12.0 Å². The number of alkyl halides is 2. The van der Waals surface area contributed by atoms with Crippen LogP contribution < -0.4 is 9.47 Å². The Hall–Kier alpha value is -2.67. The highest BCUT2D eigenvalue weighted by Crippen LogP contribution is 2.31. The van der Waals surface area contributed by atoms with E-state index >= 15 is 0 Å². The van der Waals surface area contributed by atoms with Crippen LogP contribution in [0, 0.1) is 0 Å². The number of ether oxygens (including phenoxy) is 3. The lowest BCUT2D eigenvalue weighted by Gasteiger charge is -2.06. The van der Waals surface area contributed by atoms with Crippen molar-refractivity contribution in [2.24, 2.45) is 0 Å². The Balaban J connectivity index is 1.85. The molecule has 0 fully saturated rings. The quantitative estimate of drug-likeness (QED) is 0.608. The molecule has 0 saturated carbocycles. The summed E-state index contributed by atoms with van der Waals surface area (Å²) in [6, 6.07) is 11.9. The molecule has 0 spiro atoms. The Morgan fingerprint density at radius 2 is 1.79 bits per heavy atom. The van der Waals surface area contributed by atoms with Crippen LogP contribution in [0.15, 0.2) is 47.0 Å². The Morgan fingerprint density at radius 1 is 1.04 bits per heavy atom. The first kappa shape index (κ1) is 16.2. The molecule has 0 N–H and O–H groups in total. The molecule has 5 nitrogen and oxygen atoms in total. The maximum absolute atomic E-state index is 12.2. The second kappa shape index (κ2) is 7.27. The molecule has 0 bridgehead atoms. The van der Waals surface area contributed by atoms with Crippen molar-refractivity contribution in [3.63, 3.8) is 0 Å². The predicted molar refractivity (Wildman–Crippen MR) is 83.4 cm³/mol. The molecule has 0 saturated heterocycles. The van der Waals surface area contributed by atoms with Crippen LogP contribution in [0.25, 0.3) is 22.1 Å². The molecule has 0 aliphatic heterocycles. The smallest absolute Gasteiger partial charge is 0.387 e. The molecule has 24 heavy (non-hydrogen) atoms. The van der Waals surface area contributed by atoms with Gasteiger partial charge in [-0.1, -0.05) is 18.2 Å². The van der Waals surface area contributed by atoms with Crippen molar-refractivity contribution in [2.75, 3.05) is 20.3 Å². The van der Waals surface area contributed by atoms with Crippen LogP contribution in [0.4, 0.5) is 8.78 Å². The number of hydrogen-bond donors (Lipinski definition) is 0. The maximum atomic E-state index is 12.2. The molecule has 1 aromatic heterocycles. The number of rotatable bonds is 7. The molecule has 0 amide bonds. The lowest BCUT2D eigenvalue weighted by molar-refractivity contribution is -0.0498. The molecule has 1 heterocycles. The highest BCUT2D eigenvalue weighted by molar-refractivity contribution is 5.87. The zero-order chi connectivity index (χ0) is 16.9. The van der Waals surface area contributed by atoms with Crippen LogP contribution in [0.2, 0.25) is 0 Å². The molecule has 0 radical (unpaired) electrons. The van der Waals surface area contributed by atoms with E-state index in [-0.39, 0.29) is 5.75 Å². The fourth-order valence-electron chi connectivity index (χ4n) is 2.25. The van der Waals surface area contributed by atoms with Crippen molar-refractivity contribution in [3.05, 3.63) is 42.5 Å². The molecular formula is C17H15F2NO4. The van der Waals surface area contributed by atoms with Gasteiger partial charge in [0, 0.05) is 7.11 Å². The van der Waals surface area contributed by atoms with Crippen molar-refractivity contribution in [1.82, 2.24) is 5.16 Å². The second-order valence-corrected chi connectivity index (χ2v) is 4.94. The van der Waals surface area contributed by atoms with Gasteiger partial charge in [0.15, 0.2) is 5.58 Å². The number of aromatic nitrogens is 1. The second-order valence-electron chi connectivity index (χ2n) is 4.94. The average Bonchev–Trinajstić information content (AvgIpc) is 2.98. The predicted octanol–water partition coefficient (Wildman–Crippen LogP) is 4.12. The number of fused-ring (bicyclic) bond motifs is 1. The zero-order valence-electron chi connectivity index (χ0n) is 12.9. The highest BCUT2D eigenvalue weighted by Gasteiger charge is 2.11. The SMILES string of the molecule is COCCOc1noc2ccc(-c3ccc(OC(F)F)cc3)cc12. The first-order chi connectivity index (χ1) is 11.7.